The lowest BCUT2D eigenvalue weighted by Gasteiger charge is -2.30. The van der Waals surface area contributed by atoms with Crippen molar-refractivity contribution in [3.8, 4) is 0 Å². The number of rotatable bonds is 4. The maximum Gasteiger partial charge on any atom is 0.332 e. The second-order valence-electron chi connectivity index (χ2n) is 8.22. The summed E-state index contributed by atoms with van der Waals surface area (Å²) >= 11 is 12.3. The van der Waals surface area contributed by atoms with E-state index < -0.39 is 0 Å². The van der Waals surface area contributed by atoms with Gasteiger partial charge >= 0.3 is 5.69 Å². The van der Waals surface area contributed by atoms with Crippen molar-refractivity contribution < 1.29 is 0 Å². The molecule has 1 aliphatic rings. The van der Waals surface area contributed by atoms with E-state index in [1.54, 1.807) is 19.2 Å². The van der Waals surface area contributed by atoms with E-state index in [1.807, 2.05) is 10.6 Å². The van der Waals surface area contributed by atoms with Gasteiger partial charge in [-0.05, 0) is 43.0 Å². The standard InChI is InChI=1S/C21H25Cl2N5O2/c1-13-5-4-8-27(10-13)12-17-24-19-18(20(29)26(3)21(30)25(19)2)28(17)11-14-6-7-15(22)16(23)9-14/h6-7,9,13H,4-5,8,10-12H2,1-3H3/t13-/m0/s1. The number of fused-ring (bicyclic) bond motifs is 1. The van der Waals surface area contributed by atoms with Crippen LogP contribution >= 0.6 is 23.2 Å². The molecule has 0 radical (unpaired) electrons. The molecule has 3 heterocycles. The molecular weight excluding hydrogens is 425 g/mol. The maximum atomic E-state index is 13.0. The number of likely N-dealkylation sites (tertiary alicyclic amines) is 1. The van der Waals surface area contributed by atoms with Gasteiger partial charge in [0.05, 0.1) is 16.6 Å². The summed E-state index contributed by atoms with van der Waals surface area (Å²) in [7, 11) is 3.14. The summed E-state index contributed by atoms with van der Waals surface area (Å²) in [6, 6.07) is 5.44. The molecule has 0 aliphatic carbocycles. The van der Waals surface area contributed by atoms with Crippen molar-refractivity contribution in [3.63, 3.8) is 0 Å². The number of aromatic nitrogens is 4. The first-order valence-corrected chi connectivity index (χ1v) is 10.8. The Bertz CT molecular complexity index is 1230. The molecule has 4 rings (SSSR count). The normalized spacial score (nSPS) is 17.7. The lowest BCUT2D eigenvalue weighted by Crippen LogP contribution is -2.37. The van der Waals surface area contributed by atoms with Crippen molar-refractivity contribution in [2.75, 3.05) is 13.1 Å². The highest BCUT2D eigenvalue weighted by Gasteiger charge is 2.23. The number of benzene rings is 1. The average Bonchev–Trinajstić information content (AvgIpc) is 3.05. The van der Waals surface area contributed by atoms with Gasteiger partial charge in [-0.2, -0.15) is 0 Å². The van der Waals surface area contributed by atoms with E-state index in [0.717, 1.165) is 35.5 Å². The summed E-state index contributed by atoms with van der Waals surface area (Å²) in [6.07, 6.45) is 2.37. The molecule has 1 aliphatic heterocycles. The summed E-state index contributed by atoms with van der Waals surface area (Å²) in [6.45, 7) is 5.28. The molecule has 0 amide bonds. The van der Waals surface area contributed by atoms with Crippen LogP contribution in [0.1, 0.15) is 31.2 Å². The Morgan fingerprint density at radius 2 is 1.87 bits per heavy atom. The number of nitrogens with zero attached hydrogens (tertiary/aromatic N) is 5. The van der Waals surface area contributed by atoms with Gasteiger partial charge < -0.3 is 4.57 Å². The van der Waals surface area contributed by atoms with E-state index in [0.29, 0.717) is 40.2 Å². The van der Waals surface area contributed by atoms with Gasteiger partial charge in [0.2, 0.25) is 0 Å². The highest BCUT2D eigenvalue weighted by Crippen LogP contribution is 2.25. The molecule has 1 atom stereocenters. The summed E-state index contributed by atoms with van der Waals surface area (Å²) in [5.74, 6) is 1.40. The fourth-order valence-corrected chi connectivity index (χ4v) is 4.55. The summed E-state index contributed by atoms with van der Waals surface area (Å²) in [5.41, 5.74) is 1.01. The number of hydrogen-bond acceptors (Lipinski definition) is 4. The van der Waals surface area contributed by atoms with Crippen LogP contribution in [0.5, 0.6) is 0 Å². The van der Waals surface area contributed by atoms with Crippen molar-refractivity contribution in [2.24, 2.45) is 20.0 Å². The topological polar surface area (TPSA) is 65.1 Å². The molecule has 0 saturated carbocycles. The lowest BCUT2D eigenvalue weighted by atomic mass is 10.0. The molecule has 2 aromatic heterocycles. The van der Waals surface area contributed by atoms with Crippen LogP contribution in [0.4, 0.5) is 0 Å². The Hall–Kier alpha value is -2.09. The Kier molecular flexibility index (Phi) is 5.79. The van der Waals surface area contributed by atoms with Crippen LogP contribution in [-0.2, 0) is 27.2 Å². The molecule has 1 fully saturated rings. The predicted molar refractivity (Wildman–Crippen MR) is 119 cm³/mol. The van der Waals surface area contributed by atoms with Crippen molar-refractivity contribution in [1.82, 2.24) is 23.6 Å². The monoisotopic (exact) mass is 449 g/mol. The fourth-order valence-electron chi connectivity index (χ4n) is 4.23. The van der Waals surface area contributed by atoms with Crippen LogP contribution in [0.25, 0.3) is 11.2 Å². The third kappa shape index (κ3) is 3.82. The van der Waals surface area contributed by atoms with Gasteiger partial charge in [0.1, 0.15) is 5.82 Å². The van der Waals surface area contributed by atoms with Crippen molar-refractivity contribution in [1.29, 1.82) is 0 Å². The third-order valence-electron chi connectivity index (χ3n) is 5.86. The maximum absolute atomic E-state index is 13.0. The van der Waals surface area contributed by atoms with Gasteiger partial charge in [-0.3, -0.25) is 18.8 Å². The minimum Gasteiger partial charge on any atom is -0.317 e. The van der Waals surface area contributed by atoms with E-state index >= 15 is 0 Å². The van der Waals surface area contributed by atoms with E-state index in [1.165, 1.54) is 18.0 Å². The summed E-state index contributed by atoms with van der Waals surface area (Å²) in [5, 5.41) is 0.946. The quantitative estimate of drug-likeness (QED) is 0.613. The molecule has 0 N–H and O–H groups in total. The SMILES string of the molecule is C[C@H]1CCCN(Cc2nc3c(c(=O)n(C)c(=O)n3C)n2Cc2ccc(Cl)c(Cl)c2)C1. The molecule has 9 heteroatoms. The van der Waals surface area contributed by atoms with Crippen molar-refractivity contribution in [3.05, 3.63) is 60.5 Å². The Morgan fingerprint density at radius 3 is 2.57 bits per heavy atom. The number of halogens is 2. The summed E-state index contributed by atoms with van der Waals surface area (Å²) < 4.78 is 4.47. The predicted octanol–water partition coefficient (Wildman–Crippen LogP) is 3.02. The first-order chi connectivity index (χ1) is 14.3. The third-order valence-corrected chi connectivity index (χ3v) is 6.60. The Labute approximate surface area is 184 Å². The Morgan fingerprint density at radius 1 is 1.10 bits per heavy atom. The largest absolute Gasteiger partial charge is 0.332 e. The number of piperidine rings is 1. The van der Waals surface area contributed by atoms with Crippen LogP contribution in [0, 0.1) is 5.92 Å². The molecule has 7 nitrogen and oxygen atoms in total. The summed E-state index contributed by atoms with van der Waals surface area (Å²) in [4.78, 5) is 32.6. The van der Waals surface area contributed by atoms with Crippen molar-refractivity contribution >= 4 is 34.4 Å². The second kappa shape index (κ2) is 8.21. The number of aryl methyl sites for hydroxylation is 1. The van der Waals surface area contributed by atoms with Gasteiger partial charge in [-0.25, -0.2) is 9.78 Å². The van der Waals surface area contributed by atoms with E-state index in [2.05, 4.69) is 11.8 Å². The first kappa shape index (κ1) is 21.2. The zero-order chi connectivity index (χ0) is 21.6. The van der Waals surface area contributed by atoms with Gasteiger partial charge in [0, 0.05) is 27.2 Å². The zero-order valence-corrected chi connectivity index (χ0v) is 18.9. The van der Waals surface area contributed by atoms with Crippen LogP contribution in [-0.4, -0.2) is 36.7 Å². The minimum absolute atomic E-state index is 0.348. The molecule has 0 unspecified atom stereocenters. The van der Waals surface area contributed by atoms with Crippen LogP contribution in [0.3, 0.4) is 0 Å². The Balaban J connectivity index is 1.86. The molecule has 0 spiro atoms. The average molecular weight is 450 g/mol. The highest BCUT2D eigenvalue weighted by molar-refractivity contribution is 6.42. The molecular formula is C21H25Cl2N5O2. The van der Waals surface area contributed by atoms with Crippen molar-refractivity contribution in [2.45, 2.75) is 32.9 Å². The zero-order valence-electron chi connectivity index (χ0n) is 17.4. The van der Waals surface area contributed by atoms with E-state index in [-0.39, 0.29) is 11.2 Å². The lowest BCUT2D eigenvalue weighted by molar-refractivity contribution is 0.171. The molecule has 30 heavy (non-hydrogen) atoms. The van der Waals surface area contributed by atoms with E-state index in [9.17, 15) is 9.59 Å². The van der Waals surface area contributed by atoms with Gasteiger partial charge in [0.15, 0.2) is 11.2 Å². The number of hydrogen-bond donors (Lipinski definition) is 0. The minimum atomic E-state index is -0.384. The van der Waals surface area contributed by atoms with Gasteiger partial charge in [-0.15, -0.1) is 0 Å². The fraction of sp³-hybridized carbons (Fsp3) is 0.476. The smallest absolute Gasteiger partial charge is 0.317 e. The van der Waals surface area contributed by atoms with Crippen LogP contribution in [0.2, 0.25) is 10.0 Å². The second-order valence-corrected chi connectivity index (χ2v) is 9.04. The molecule has 0 bridgehead atoms. The molecule has 1 saturated heterocycles. The van der Waals surface area contributed by atoms with Gasteiger partial charge in [0.25, 0.3) is 5.56 Å². The molecule has 160 valence electrons. The van der Waals surface area contributed by atoms with Crippen LogP contribution < -0.4 is 11.2 Å². The van der Waals surface area contributed by atoms with Crippen LogP contribution in [0.15, 0.2) is 27.8 Å². The highest BCUT2D eigenvalue weighted by atomic mass is 35.5. The molecule has 1 aromatic carbocycles. The van der Waals surface area contributed by atoms with E-state index in [4.69, 9.17) is 28.2 Å². The van der Waals surface area contributed by atoms with Gasteiger partial charge in [-0.1, -0.05) is 36.2 Å². The number of imidazole rings is 1. The first-order valence-electron chi connectivity index (χ1n) is 10.1. The molecule has 3 aromatic rings.